The van der Waals surface area contributed by atoms with Crippen LogP contribution >= 0.6 is 0 Å². The van der Waals surface area contributed by atoms with E-state index in [1.165, 1.54) is 0 Å². The van der Waals surface area contributed by atoms with E-state index in [-0.39, 0.29) is 12.0 Å². The highest BCUT2D eigenvalue weighted by atomic mass is 16.4. The number of aliphatic carboxylic acids is 1. The smallest absolute Gasteiger partial charge is 0.303 e. The second-order valence-electron chi connectivity index (χ2n) is 7.81. The Hall–Kier alpha value is -2.98. The van der Waals surface area contributed by atoms with Crippen LogP contribution in [0.25, 0.3) is 10.4 Å². The van der Waals surface area contributed by atoms with Crippen LogP contribution in [-0.4, -0.2) is 59.1 Å². The van der Waals surface area contributed by atoms with E-state index in [1.54, 1.807) is 4.68 Å². The van der Waals surface area contributed by atoms with Crippen LogP contribution in [0.3, 0.4) is 0 Å². The molecule has 0 saturated heterocycles. The van der Waals surface area contributed by atoms with Crippen LogP contribution < -0.4 is 0 Å². The van der Waals surface area contributed by atoms with Crippen molar-refractivity contribution in [2.75, 3.05) is 13.1 Å². The zero-order chi connectivity index (χ0) is 21.3. The predicted molar refractivity (Wildman–Crippen MR) is 105 cm³/mol. The molecule has 0 radical (unpaired) electrons. The quantitative estimate of drug-likeness (QED) is 0.246. The molecule has 0 unspecified atom stereocenters. The summed E-state index contributed by atoms with van der Waals surface area (Å²) in [6.45, 7) is 8.95. The standard InChI is InChI=1S/C17H28N10O2/c1-17(2,3)27-13-15(21-24-27)11-25(8-5-7-19-22-18)10-14-12-26(23-20-14)9-4-6-16(28)29/h12-13H,4-11H2,1-3H3,(H,28,29). The van der Waals surface area contributed by atoms with Gasteiger partial charge in [0, 0.05) is 43.7 Å². The van der Waals surface area contributed by atoms with E-state index in [4.69, 9.17) is 10.6 Å². The van der Waals surface area contributed by atoms with E-state index < -0.39 is 5.97 Å². The van der Waals surface area contributed by atoms with Crippen molar-refractivity contribution in [3.8, 4) is 0 Å². The zero-order valence-corrected chi connectivity index (χ0v) is 17.1. The van der Waals surface area contributed by atoms with Gasteiger partial charge in [-0.05, 0) is 45.7 Å². The number of carboxylic acid groups (broad SMARTS) is 1. The van der Waals surface area contributed by atoms with Crippen LogP contribution in [0.2, 0.25) is 0 Å². The molecule has 2 rings (SSSR count). The molecular weight excluding hydrogens is 376 g/mol. The van der Waals surface area contributed by atoms with E-state index in [2.05, 4.69) is 56.3 Å². The lowest BCUT2D eigenvalue weighted by atomic mass is 10.1. The third-order valence-corrected chi connectivity index (χ3v) is 4.16. The average molecular weight is 404 g/mol. The van der Waals surface area contributed by atoms with Crippen molar-refractivity contribution in [3.05, 3.63) is 34.2 Å². The highest BCUT2D eigenvalue weighted by Crippen LogP contribution is 2.14. The molecule has 12 heteroatoms. The maximum Gasteiger partial charge on any atom is 0.303 e. The summed E-state index contributed by atoms with van der Waals surface area (Å²) in [6, 6.07) is 0. The fraction of sp³-hybridized carbons (Fsp3) is 0.706. The summed E-state index contributed by atoms with van der Waals surface area (Å²) in [5, 5.41) is 29.0. The van der Waals surface area contributed by atoms with Crippen LogP contribution in [0.5, 0.6) is 0 Å². The van der Waals surface area contributed by atoms with Crippen molar-refractivity contribution in [1.29, 1.82) is 0 Å². The van der Waals surface area contributed by atoms with Gasteiger partial charge < -0.3 is 5.11 Å². The lowest BCUT2D eigenvalue weighted by Crippen LogP contribution is -2.25. The van der Waals surface area contributed by atoms with Crippen LogP contribution in [-0.2, 0) is 30.0 Å². The molecule has 0 bridgehead atoms. The Morgan fingerprint density at radius 2 is 1.90 bits per heavy atom. The van der Waals surface area contributed by atoms with Crippen molar-refractivity contribution in [3.63, 3.8) is 0 Å². The Bertz CT molecular complexity index is 831. The molecule has 0 fully saturated rings. The normalized spacial score (nSPS) is 11.6. The van der Waals surface area contributed by atoms with E-state index in [0.29, 0.717) is 45.6 Å². The maximum atomic E-state index is 10.6. The molecule has 158 valence electrons. The zero-order valence-electron chi connectivity index (χ0n) is 17.1. The number of rotatable bonds is 12. The Balaban J connectivity index is 2.00. The van der Waals surface area contributed by atoms with Gasteiger partial charge in [-0.2, -0.15) is 0 Å². The molecule has 0 spiro atoms. The topological polar surface area (TPSA) is 151 Å². The number of nitrogens with zero attached hydrogens (tertiary/aromatic N) is 10. The summed E-state index contributed by atoms with van der Waals surface area (Å²) in [4.78, 5) is 15.6. The first-order valence-electron chi connectivity index (χ1n) is 9.53. The molecule has 0 aliphatic rings. The molecule has 0 saturated carbocycles. The Labute approximate surface area is 169 Å². The second kappa shape index (κ2) is 10.5. The van der Waals surface area contributed by atoms with Crippen LogP contribution in [0.4, 0.5) is 0 Å². The van der Waals surface area contributed by atoms with Gasteiger partial charge in [-0.3, -0.25) is 14.4 Å². The van der Waals surface area contributed by atoms with Gasteiger partial charge in [0.2, 0.25) is 0 Å². The van der Waals surface area contributed by atoms with Crippen LogP contribution in [0, 0.1) is 0 Å². The summed E-state index contributed by atoms with van der Waals surface area (Å²) in [5.74, 6) is -0.820. The number of aromatic nitrogens is 6. The number of aryl methyl sites for hydroxylation is 1. The number of carboxylic acids is 1. The lowest BCUT2D eigenvalue weighted by Gasteiger charge is -2.20. The summed E-state index contributed by atoms with van der Waals surface area (Å²) < 4.78 is 3.49. The van der Waals surface area contributed by atoms with E-state index in [1.807, 2.05) is 17.1 Å². The summed E-state index contributed by atoms with van der Waals surface area (Å²) in [7, 11) is 0. The molecule has 2 aromatic rings. The minimum atomic E-state index is -0.820. The van der Waals surface area contributed by atoms with Gasteiger partial charge in [0.25, 0.3) is 0 Å². The van der Waals surface area contributed by atoms with Crippen LogP contribution in [0.1, 0.15) is 51.4 Å². The first-order chi connectivity index (χ1) is 13.8. The van der Waals surface area contributed by atoms with Gasteiger partial charge in [-0.25, -0.2) is 4.68 Å². The molecule has 12 nitrogen and oxygen atoms in total. The predicted octanol–water partition coefficient (Wildman–Crippen LogP) is 2.19. The molecule has 0 amide bonds. The lowest BCUT2D eigenvalue weighted by molar-refractivity contribution is -0.137. The second-order valence-corrected chi connectivity index (χ2v) is 7.81. The Morgan fingerprint density at radius 3 is 2.52 bits per heavy atom. The van der Waals surface area contributed by atoms with E-state index in [0.717, 1.165) is 11.4 Å². The van der Waals surface area contributed by atoms with E-state index in [9.17, 15) is 4.79 Å². The molecule has 0 aliphatic heterocycles. The maximum absolute atomic E-state index is 10.6. The van der Waals surface area contributed by atoms with Gasteiger partial charge in [0.05, 0.1) is 23.1 Å². The third-order valence-electron chi connectivity index (χ3n) is 4.16. The number of hydrogen-bond acceptors (Lipinski definition) is 7. The molecule has 0 aromatic carbocycles. The van der Waals surface area contributed by atoms with Crippen molar-refractivity contribution in [2.45, 2.75) is 65.2 Å². The van der Waals surface area contributed by atoms with Crippen molar-refractivity contribution >= 4 is 5.97 Å². The number of hydrogen-bond donors (Lipinski definition) is 1. The highest BCUT2D eigenvalue weighted by molar-refractivity contribution is 5.66. The van der Waals surface area contributed by atoms with Gasteiger partial charge in [0.15, 0.2) is 0 Å². The summed E-state index contributed by atoms with van der Waals surface area (Å²) >= 11 is 0. The fourth-order valence-electron chi connectivity index (χ4n) is 2.69. The Kier molecular flexibility index (Phi) is 8.10. The van der Waals surface area contributed by atoms with Crippen molar-refractivity contribution in [2.24, 2.45) is 5.11 Å². The first-order valence-corrected chi connectivity index (χ1v) is 9.53. The van der Waals surface area contributed by atoms with E-state index >= 15 is 0 Å². The number of carbonyl (C=O) groups is 1. The largest absolute Gasteiger partial charge is 0.481 e. The minimum Gasteiger partial charge on any atom is -0.481 e. The average Bonchev–Trinajstić information content (AvgIpc) is 3.28. The minimum absolute atomic E-state index is 0.101. The Morgan fingerprint density at radius 1 is 1.21 bits per heavy atom. The summed E-state index contributed by atoms with van der Waals surface area (Å²) in [6.07, 6.45) is 5.08. The van der Waals surface area contributed by atoms with Crippen molar-refractivity contribution < 1.29 is 9.90 Å². The molecule has 2 aromatic heterocycles. The van der Waals surface area contributed by atoms with Gasteiger partial charge in [0.1, 0.15) is 0 Å². The van der Waals surface area contributed by atoms with Crippen molar-refractivity contribution in [1.82, 2.24) is 34.9 Å². The summed E-state index contributed by atoms with van der Waals surface area (Å²) in [5.41, 5.74) is 9.94. The third kappa shape index (κ3) is 7.88. The molecular formula is C17H28N10O2. The monoisotopic (exact) mass is 404 g/mol. The SMILES string of the molecule is CC(C)(C)n1cc(CN(CCCN=[N+]=[N-])Cc2cn(CCCC(=O)O)nn2)nn1. The molecule has 0 atom stereocenters. The van der Waals surface area contributed by atoms with Gasteiger partial charge in [-0.15, -0.1) is 10.2 Å². The van der Waals surface area contributed by atoms with Gasteiger partial charge >= 0.3 is 5.97 Å². The molecule has 0 aliphatic carbocycles. The molecule has 2 heterocycles. The number of azide groups is 1. The highest BCUT2D eigenvalue weighted by Gasteiger charge is 2.17. The fourth-order valence-corrected chi connectivity index (χ4v) is 2.69. The van der Waals surface area contributed by atoms with Gasteiger partial charge in [-0.1, -0.05) is 15.5 Å². The first kappa shape index (κ1) is 22.3. The molecule has 29 heavy (non-hydrogen) atoms. The van der Waals surface area contributed by atoms with Crippen LogP contribution in [0.15, 0.2) is 17.5 Å². The molecule has 1 N–H and O–H groups in total.